The molecular formula is C10H11ClO2S2. The third-order valence-corrected chi connectivity index (χ3v) is 5.80. The molecule has 82 valence electrons. The zero-order valence-electron chi connectivity index (χ0n) is 7.84. The van der Waals surface area contributed by atoms with Crippen molar-refractivity contribution in [1.82, 2.24) is 0 Å². The van der Waals surface area contributed by atoms with Crippen LogP contribution >= 0.6 is 35.1 Å². The fraction of sp³-hybridized carbons (Fsp3) is 0.400. The monoisotopic (exact) mass is 262 g/mol. The van der Waals surface area contributed by atoms with Crippen LogP contribution in [0, 0.1) is 0 Å². The van der Waals surface area contributed by atoms with Crippen LogP contribution in [0.15, 0.2) is 24.3 Å². The van der Waals surface area contributed by atoms with Gasteiger partial charge in [0.1, 0.15) is 0 Å². The van der Waals surface area contributed by atoms with Gasteiger partial charge in [0, 0.05) is 10.8 Å². The van der Waals surface area contributed by atoms with Crippen LogP contribution in [-0.4, -0.2) is 27.5 Å². The lowest BCUT2D eigenvalue weighted by Crippen LogP contribution is -2.21. The maximum absolute atomic E-state index is 9.06. The van der Waals surface area contributed by atoms with E-state index < -0.39 is 6.29 Å². The van der Waals surface area contributed by atoms with Gasteiger partial charge in [-0.25, -0.2) is 0 Å². The lowest BCUT2D eigenvalue weighted by molar-refractivity contribution is -0.0355. The van der Waals surface area contributed by atoms with Crippen molar-refractivity contribution in [2.75, 3.05) is 5.75 Å². The topological polar surface area (TPSA) is 40.5 Å². The average molecular weight is 263 g/mol. The zero-order valence-corrected chi connectivity index (χ0v) is 10.2. The molecule has 2 atom stereocenters. The molecule has 1 aromatic rings. The van der Waals surface area contributed by atoms with Gasteiger partial charge >= 0.3 is 0 Å². The second-order valence-corrected chi connectivity index (χ2v) is 6.53. The van der Waals surface area contributed by atoms with Crippen LogP contribution in [0.4, 0.5) is 0 Å². The SMILES string of the molecule is OC(O)C1CSC(c2ccc(Cl)cc2)S1. The Balaban J connectivity index is 2.04. The third-order valence-electron chi connectivity index (χ3n) is 2.18. The molecule has 0 amide bonds. The highest BCUT2D eigenvalue weighted by Crippen LogP contribution is 2.49. The lowest BCUT2D eigenvalue weighted by Gasteiger charge is -2.11. The van der Waals surface area contributed by atoms with Crippen molar-refractivity contribution < 1.29 is 10.2 Å². The van der Waals surface area contributed by atoms with Crippen molar-refractivity contribution >= 4 is 35.1 Å². The van der Waals surface area contributed by atoms with Gasteiger partial charge in [-0.15, -0.1) is 23.5 Å². The van der Waals surface area contributed by atoms with Gasteiger partial charge in [0.15, 0.2) is 6.29 Å². The molecule has 2 nitrogen and oxygen atoms in total. The normalized spacial score (nSPS) is 26.1. The Morgan fingerprint density at radius 1 is 1.27 bits per heavy atom. The van der Waals surface area contributed by atoms with Crippen molar-refractivity contribution in [3.63, 3.8) is 0 Å². The summed E-state index contributed by atoms with van der Waals surface area (Å²) in [5.74, 6) is 0.773. The van der Waals surface area contributed by atoms with Gasteiger partial charge in [0.05, 0.1) is 9.83 Å². The molecule has 2 unspecified atom stereocenters. The first-order valence-electron chi connectivity index (χ1n) is 4.55. The molecule has 1 saturated heterocycles. The highest BCUT2D eigenvalue weighted by Gasteiger charge is 2.31. The van der Waals surface area contributed by atoms with E-state index in [1.54, 1.807) is 23.5 Å². The Labute approximate surface area is 102 Å². The number of hydrogen-bond acceptors (Lipinski definition) is 4. The van der Waals surface area contributed by atoms with Crippen molar-refractivity contribution in [3.8, 4) is 0 Å². The molecule has 0 aliphatic carbocycles. The van der Waals surface area contributed by atoms with Gasteiger partial charge in [-0.2, -0.15) is 0 Å². The van der Waals surface area contributed by atoms with Crippen LogP contribution in [0.2, 0.25) is 5.02 Å². The van der Waals surface area contributed by atoms with E-state index in [9.17, 15) is 0 Å². The Hall–Kier alpha value is 0.130. The molecule has 5 heteroatoms. The summed E-state index contributed by atoms with van der Waals surface area (Å²) in [6, 6.07) is 7.69. The molecule has 1 aliphatic heterocycles. The highest BCUT2D eigenvalue weighted by molar-refractivity contribution is 8.19. The molecule has 0 radical (unpaired) electrons. The van der Waals surface area contributed by atoms with Gasteiger partial charge in [0.25, 0.3) is 0 Å². The van der Waals surface area contributed by atoms with Crippen molar-refractivity contribution in [1.29, 1.82) is 0 Å². The summed E-state index contributed by atoms with van der Waals surface area (Å²) in [7, 11) is 0. The number of benzene rings is 1. The van der Waals surface area contributed by atoms with E-state index in [4.69, 9.17) is 21.8 Å². The summed E-state index contributed by atoms with van der Waals surface area (Å²) in [5.41, 5.74) is 1.18. The summed E-state index contributed by atoms with van der Waals surface area (Å²) in [4.78, 5) is 0. The van der Waals surface area contributed by atoms with Crippen LogP contribution in [0.1, 0.15) is 10.1 Å². The van der Waals surface area contributed by atoms with Crippen molar-refractivity contribution in [3.05, 3.63) is 34.9 Å². The zero-order chi connectivity index (χ0) is 10.8. The molecule has 0 spiro atoms. The largest absolute Gasteiger partial charge is 0.367 e. The summed E-state index contributed by atoms with van der Waals surface area (Å²) in [5, 5.41) is 18.8. The minimum absolute atomic E-state index is 0.0873. The van der Waals surface area contributed by atoms with Crippen molar-refractivity contribution in [2.45, 2.75) is 16.1 Å². The minimum atomic E-state index is -1.22. The second-order valence-electron chi connectivity index (χ2n) is 3.30. The van der Waals surface area contributed by atoms with Crippen LogP contribution in [-0.2, 0) is 0 Å². The molecular weight excluding hydrogens is 252 g/mol. The quantitative estimate of drug-likeness (QED) is 0.804. The van der Waals surface area contributed by atoms with E-state index in [0.717, 1.165) is 10.8 Å². The Bertz CT molecular complexity index is 329. The second kappa shape index (κ2) is 4.97. The first kappa shape index (κ1) is 11.6. The van der Waals surface area contributed by atoms with Crippen molar-refractivity contribution in [2.24, 2.45) is 0 Å². The van der Waals surface area contributed by atoms with Gasteiger partial charge in [-0.05, 0) is 17.7 Å². The lowest BCUT2D eigenvalue weighted by atomic mass is 10.2. The highest BCUT2D eigenvalue weighted by atomic mass is 35.5. The van der Waals surface area contributed by atoms with E-state index in [1.807, 2.05) is 24.3 Å². The van der Waals surface area contributed by atoms with E-state index in [1.165, 1.54) is 5.56 Å². The fourth-order valence-corrected chi connectivity index (χ4v) is 4.68. The number of aliphatic hydroxyl groups is 2. The predicted molar refractivity (Wildman–Crippen MR) is 66.3 cm³/mol. The van der Waals surface area contributed by atoms with E-state index >= 15 is 0 Å². The molecule has 0 aromatic heterocycles. The van der Waals surface area contributed by atoms with E-state index in [2.05, 4.69) is 0 Å². The Morgan fingerprint density at radius 3 is 2.47 bits per heavy atom. The first-order valence-corrected chi connectivity index (χ1v) is 6.92. The number of halogens is 1. The summed E-state index contributed by atoms with van der Waals surface area (Å²) in [6.07, 6.45) is -1.22. The molecule has 2 N–H and O–H groups in total. The standard InChI is InChI=1S/C10H11ClO2S2/c11-7-3-1-6(2-4-7)10-14-5-8(15-10)9(12)13/h1-4,8-10,12-13H,5H2. The van der Waals surface area contributed by atoms with Gasteiger partial charge in [0.2, 0.25) is 0 Å². The fourth-order valence-electron chi connectivity index (χ4n) is 1.37. The molecule has 0 saturated carbocycles. The first-order chi connectivity index (χ1) is 7.16. The van der Waals surface area contributed by atoms with Gasteiger partial charge in [-0.1, -0.05) is 23.7 Å². The van der Waals surface area contributed by atoms with E-state index in [0.29, 0.717) is 0 Å². The van der Waals surface area contributed by atoms with Crippen LogP contribution in [0.25, 0.3) is 0 Å². The Kier molecular flexibility index (Phi) is 3.85. The molecule has 1 fully saturated rings. The molecule has 15 heavy (non-hydrogen) atoms. The smallest absolute Gasteiger partial charge is 0.164 e. The number of thioether (sulfide) groups is 2. The number of rotatable bonds is 2. The molecule has 0 bridgehead atoms. The minimum Gasteiger partial charge on any atom is -0.367 e. The molecule has 1 heterocycles. The third kappa shape index (κ3) is 2.82. The predicted octanol–water partition coefficient (Wildman–Crippen LogP) is 2.50. The van der Waals surface area contributed by atoms with Crippen LogP contribution in [0.5, 0.6) is 0 Å². The average Bonchev–Trinajstić information content (AvgIpc) is 2.68. The van der Waals surface area contributed by atoms with Crippen LogP contribution in [0.3, 0.4) is 0 Å². The molecule has 1 aliphatic rings. The summed E-state index contributed by atoms with van der Waals surface area (Å²) >= 11 is 9.14. The van der Waals surface area contributed by atoms with E-state index in [-0.39, 0.29) is 9.83 Å². The number of hydrogen-bond donors (Lipinski definition) is 2. The maximum atomic E-state index is 9.06. The summed E-state index contributed by atoms with van der Waals surface area (Å²) < 4.78 is 0.286. The maximum Gasteiger partial charge on any atom is 0.164 e. The Morgan fingerprint density at radius 2 is 1.93 bits per heavy atom. The molecule has 2 rings (SSSR count). The van der Waals surface area contributed by atoms with Gasteiger partial charge in [-0.3, -0.25) is 0 Å². The molecule has 1 aromatic carbocycles. The number of aliphatic hydroxyl groups excluding tert-OH is 1. The summed E-state index contributed by atoms with van der Waals surface area (Å²) in [6.45, 7) is 0. The van der Waals surface area contributed by atoms with Gasteiger partial charge < -0.3 is 10.2 Å². The van der Waals surface area contributed by atoms with Crippen LogP contribution < -0.4 is 0 Å².